The van der Waals surface area contributed by atoms with Crippen LogP contribution in [-0.4, -0.2) is 28.0 Å². The second kappa shape index (κ2) is 7.29. The molecule has 1 aliphatic carbocycles. The SMILES string of the molecule is Cc1ccc(N2C(=O)c3cc4occc4n3C[C@]2(C)C(=O)NC2CCCCC2)c(C)c1. The summed E-state index contributed by atoms with van der Waals surface area (Å²) in [5.41, 5.74) is 3.90. The number of anilines is 1. The van der Waals surface area contributed by atoms with Gasteiger partial charge in [-0.25, -0.2) is 0 Å². The predicted molar refractivity (Wildman–Crippen MR) is 120 cm³/mol. The van der Waals surface area contributed by atoms with E-state index in [4.69, 9.17) is 4.42 Å². The van der Waals surface area contributed by atoms with Gasteiger partial charge in [0.1, 0.15) is 11.2 Å². The number of nitrogens with one attached hydrogen (secondary N) is 1. The van der Waals surface area contributed by atoms with Crippen LogP contribution in [0.4, 0.5) is 5.69 Å². The number of nitrogens with zero attached hydrogens (tertiary/aromatic N) is 2. The van der Waals surface area contributed by atoms with E-state index in [9.17, 15) is 9.59 Å². The summed E-state index contributed by atoms with van der Waals surface area (Å²) in [4.78, 5) is 29.3. The molecule has 0 saturated heterocycles. The van der Waals surface area contributed by atoms with Gasteiger partial charge in [-0.05, 0) is 45.2 Å². The van der Waals surface area contributed by atoms with E-state index in [1.807, 2.05) is 43.5 Å². The van der Waals surface area contributed by atoms with Gasteiger partial charge in [0.15, 0.2) is 5.58 Å². The van der Waals surface area contributed by atoms with Crippen LogP contribution < -0.4 is 10.2 Å². The molecule has 1 saturated carbocycles. The van der Waals surface area contributed by atoms with E-state index in [0.29, 0.717) is 17.8 Å². The summed E-state index contributed by atoms with van der Waals surface area (Å²) in [6.45, 7) is 6.29. The number of carbonyl (C=O) groups excluding carboxylic acids is 2. The molecule has 162 valence electrons. The zero-order chi connectivity index (χ0) is 21.8. The maximum atomic E-state index is 13.8. The normalized spacial score (nSPS) is 22.0. The second-order valence-electron chi connectivity index (χ2n) is 9.30. The molecule has 1 atom stereocenters. The average Bonchev–Trinajstić information content (AvgIpc) is 3.33. The van der Waals surface area contributed by atoms with Crippen LogP contribution in [0.1, 0.15) is 60.6 Å². The number of furan rings is 1. The lowest BCUT2D eigenvalue weighted by Crippen LogP contribution is -2.65. The largest absolute Gasteiger partial charge is 0.463 e. The lowest BCUT2D eigenvalue weighted by Gasteiger charge is -2.45. The van der Waals surface area contributed by atoms with Crippen molar-refractivity contribution in [2.75, 3.05) is 4.90 Å². The average molecular weight is 420 g/mol. The number of benzene rings is 1. The van der Waals surface area contributed by atoms with Crippen molar-refractivity contribution in [3.8, 4) is 0 Å². The second-order valence-corrected chi connectivity index (χ2v) is 9.30. The van der Waals surface area contributed by atoms with Crippen molar-refractivity contribution in [1.29, 1.82) is 0 Å². The summed E-state index contributed by atoms with van der Waals surface area (Å²) < 4.78 is 7.49. The van der Waals surface area contributed by atoms with Gasteiger partial charge in [0.25, 0.3) is 5.91 Å². The zero-order valence-corrected chi connectivity index (χ0v) is 18.4. The van der Waals surface area contributed by atoms with Crippen molar-refractivity contribution in [3.05, 3.63) is 53.4 Å². The highest BCUT2D eigenvalue weighted by atomic mass is 16.3. The van der Waals surface area contributed by atoms with Gasteiger partial charge in [-0.15, -0.1) is 0 Å². The number of amides is 2. The van der Waals surface area contributed by atoms with E-state index in [-0.39, 0.29) is 17.9 Å². The van der Waals surface area contributed by atoms with Gasteiger partial charge in [0, 0.05) is 23.9 Å². The molecular weight excluding hydrogens is 390 g/mol. The van der Waals surface area contributed by atoms with Crippen molar-refractivity contribution >= 4 is 28.6 Å². The molecule has 0 spiro atoms. The third-order valence-corrected chi connectivity index (χ3v) is 6.93. The van der Waals surface area contributed by atoms with Crippen molar-refractivity contribution in [2.45, 2.75) is 71.0 Å². The van der Waals surface area contributed by atoms with Crippen LogP contribution >= 0.6 is 0 Å². The van der Waals surface area contributed by atoms with Crippen molar-refractivity contribution < 1.29 is 14.0 Å². The smallest absolute Gasteiger partial charge is 0.276 e. The zero-order valence-electron chi connectivity index (χ0n) is 18.4. The number of rotatable bonds is 3. The first-order valence-corrected chi connectivity index (χ1v) is 11.2. The molecule has 5 rings (SSSR count). The number of carbonyl (C=O) groups is 2. The summed E-state index contributed by atoms with van der Waals surface area (Å²) >= 11 is 0. The Labute approximate surface area is 182 Å². The minimum absolute atomic E-state index is 0.0938. The standard InChI is InChI=1S/C25H29N3O3/c1-16-9-10-19(17(2)13-16)28-23(29)21-14-22-20(11-12-31-22)27(21)15-25(28,3)24(30)26-18-7-5-4-6-8-18/h9-14,18H,4-8,15H2,1-3H3,(H,26,30)/t25-/m1/s1. The van der Waals surface area contributed by atoms with E-state index < -0.39 is 5.54 Å². The molecule has 6 nitrogen and oxygen atoms in total. The highest BCUT2D eigenvalue weighted by Gasteiger charge is 2.49. The molecule has 2 amide bonds. The van der Waals surface area contributed by atoms with Gasteiger partial charge in [-0.1, -0.05) is 37.0 Å². The van der Waals surface area contributed by atoms with E-state index in [1.165, 1.54) is 6.42 Å². The minimum atomic E-state index is -1.05. The topological polar surface area (TPSA) is 67.5 Å². The Morgan fingerprint density at radius 2 is 1.90 bits per heavy atom. The van der Waals surface area contributed by atoms with Crippen LogP contribution in [0.25, 0.3) is 11.1 Å². The molecule has 6 heteroatoms. The van der Waals surface area contributed by atoms with Crippen LogP contribution in [-0.2, 0) is 11.3 Å². The van der Waals surface area contributed by atoms with Gasteiger partial charge >= 0.3 is 0 Å². The number of hydrogen-bond donors (Lipinski definition) is 1. The Bertz CT molecular complexity index is 1170. The molecule has 2 aliphatic rings. The lowest BCUT2D eigenvalue weighted by atomic mass is 9.90. The van der Waals surface area contributed by atoms with E-state index in [2.05, 4.69) is 11.4 Å². The fourth-order valence-corrected chi connectivity index (χ4v) is 5.23. The van der Waals surface area contributed by atoms with Gasteiger partial charge in [-0.3, -0.25) is 14.5 Å². The van der Waals surface area contributed by atoms with Crippen LogP contribution in [0, 0.1) is 13.8 Å². The molecule has 2 aromatic heterocycles. The Balaban J connectivity index is 1.62. The Morgan fingerprint density at radius 3 is 2.65 bits per heavy atom. The molecule has 0 radical (unpaired) electrons. The van der Waals surface area contributed by atoms with Crippen LogP contribution in [0.3, 0.4) is 0 Å². The lowest BCUT2D eigenvalue weighted by molar-refractivity contribution is -0.127. The summed E-state index contributed by atoms with van der Waals surface area (Å²) in [5, 5.41) is 3.28. The Hall–Kier alpha value is -3.02. The molecule has 0 unspecified atom stereocenters. The highest BCUT2D eigenvalue weighted by molar-refractivity contribution is 6.14. The summed E-state index contributed by atoms with van der Waals surface area (Å²) in [7, 11) is 0. The van der Waals surface area contributed by atoms with Gasteiger partial charge < -0.3 is 14.3 Å². The number of fused-ring (bicyclic) bond motifs is 3. The Kier molecular flexibility index (Phi) is 4.68. The van der Waals surface area contributed by atoms with Gasteiger partial charge in [0.2, 0.25) is 5.91 Å². The van der Waals surface area contributed by atoms with Crippen molar-refractivity contribution in [1.82, 2.24) is 9.88 Å². The summed E-state index contributed by atoms with van der Waals surface area (Å²) in [6, 6.07) is 9.83. The van der Waals surface area contributed by atoms with Crippen molar-refractivity contribution in [2.24, 2.45) is 0 Å². The van der Waals surface area contributed by atoms with E-state index in [0.717, 1.165) is 48.0 Å². The minimum Gasteiger partial charge on any atom is -0.463 e. The Morgan fingerprint density at radius 1 is 1.13 bits per heavy atom. The first-order valence-electron chi connectivity index (χ1n) is 11.2. The van der Waals surface area contributed by atoms with Crippen molar-refractivity contribution in [3.63, 3.8) is 0 Å². The number of aryl methyl sites for hydroxylation is 2. The quantitative estimate of drug-likeness (QED) is 0.668. The van der Waals surface area contributed by atoms with E-state index in [1.54, 1.807) is 17.2 Å². The molecule has 1 N–H and O–H groups in total. The first kappa shape index (κ1) is 19.9. The predicted octanol–water partition coefficient (Wildman–Crippen LogP) is 4.72. The van der Waals surface area contributed by atoms with Crippen LogP contribution in [0.5, 0.6) is 0 Å². The van der Waals surface area contributed by atoms with Crippen LogP contribution in [0.2, 0.25) is 0 Å². The molecule has 1 aromatic carbocycles. The maximum absolute atomic E-state index is 13.8. The number of hydrogen-bond acceptors (Lipinski definition) is 3. The molecule has 1 aliphatic heterocycles. The van der Waals surface area contributed by atoms with E-state index >= 15 is 0 Å². The third kappa shape index (κ3) is 3.16. The molecule has 1 fully saturated rings. The van der Waals surface area contributed by atoms with Gasteiger partial charge in [-0.2, -0.15) is 0 Å². The number of aromatic nitrogens is 1. The third-order valence-electron chi connectivity index (χ3n) is 6.93. The molecule has 3 heterocycles. The summed E-state index contributed by atoms with van der Waals surface area (Å²) in [6.07, 6.45) is 7.12. The monoisotopic (exact) mass is 419 g/mol. The first-order chi connectivity index (χ1) is 14.9. The molecule has 3 aromatic rings. The van der Waals surface area contributed by atoms with Gasteiger partial charge in [0.05, 0.1) is 18.3 Å². The molecular formula is C25H29N3O3. The highest BCUT2D eigenvalue weighted by Crippen LogP contribution is 2.38. The summed E-state index contributed by atoms with van der Waals surface area (Å²) in [5.74, 6) is -0.269. The van der Waals surface area contributed by atoms with Crippen LogP contribution in [0.15, 0.2) is 41.0 Å². The molecule has 0 bridgehead atoms. The maximum Gasteiger partial charge on any atom is 0.276 e. The fourth-order valence-electron chi connectivity index (χ4n) is 5.23. The fraction of sp³-hybridized carbons (Fsp3) is 0.440. The molecule has 31 heavy (non-hydrogen) atoms.